The van der Waals surface area contributed by atoms with Crippen LogP contribution in [0.4, 0.5) is 4.79 Å². The third-order valence-electron chi connectivity index (χ3n) is 3.76. The normalized spacial score (nSPS) is 15.4. The number of thioether (sulfide) groups is 1. The van der Waals surface area contributed by atoms with Crippen molar-refractivity contribution in [2.24, 2.45) is 5.92 Å². The lowest BCUT2D eigenvalue weighted by molar-refractivity contribution is -0.147. The molecule has 2 amide bonds. The van der Waals surface area contributed by atoms with Crippen molar-refractivity contribution in [3.8, 4) is 17.2 Å². The van der Waals surface area contributed by atoms with E-state index in [1.807, 2.05) is 13.8 Å². The summed E-state index contributed by atoms with van der Waals surface area (Å²) in [5.41, 5.74) is 0.535. The van der Waals surface area contributed by atoms with Gasteiger partial charge in [0.1, 0.15) is 12.3 Å². The number of esters is 1. The van der Waals surface area contributed by atoms with Crippen molar-refractivity contribution in [2.45, 2.75) is 13.8 Å². The summed E-state index contributed by atoms with van der Waals surface area (Å²) in [4.78, 5) is 37.7. The number of rotatable bonds is 8. The number of hydrogen-bond acceptors (Lipinski definition) is 8. The monoisotopic (exact) mass is 409 g/mol. The van der Waals surface area contributed by atoms with Crippen LogP contribution in [-0.2, 0) is 14.3 Å². The second-order valence-corrected chi connectivity index (χ2v) is 7.29. The van der Waals surface area contributed by atoms with E-state index in [9.17, 15) is 14.4 Å². The number of carbonyl (C=O) groups is 3. The fourth-order valence-electron chi connectivity index (χ4n) is 2.38. The number of imide groups is 1. The summed E-state index contributed by atoms with van der Waals surface area (Å²) in [5, 5.41) is -0.530. The van der Waals surface area contributed by atoms with E-state index in [1.54, 1.807) is 12.1 Å². The van der Waals surface area contributed by atoms with Gasteiger partial charge in [-0.05, 0) is 29.8 Å². The molecule has 8 nitrogen and oxygen atoms in total. The van der Waals surface area contributed by atoms with Crippen LogP contribution in [-0.4, -0.2) is 56.5 Å². The van der Waals surface area contributed by atoms with Gasteiger partial charge < -0.3 is 18.9 Å². The molecule has 1 aliphatic rings. The molecule has 0 radical (unpaired) electrons. The lowest BCUT2D eigenvalue weighted by Crippen LogP contribution is -2.34. The van der Waals surface area contributed by atoms with Gasteiger partial charge in [-0.1, -0.05) is 13.8 Å². The minimum atomic E-state index is -0.624. The number of ether oxygens (including phenoxy) is 4. The van der Waals surface area contributed by atoms with Crippen LogP contribution in [0.3, 0.4) is 0 Å². The first-order valence-corrected chi connectivity index (χ1v) is 9.33. The topological polar surface area (TPSA) is 91.4 Å². The van der Waals surface area contributed by atoms with Crippen LogP contribution in [0.1, 0.15) is 19.4 Å². The second kappa shape index (κ2) is 9.50. The molecule has 0 aliphatic carbocycles. The van der Waals surface area contributed by atoms with Crippen LogP contribution in [0.2, 0.25) is 0 Å². The first kappa shape index (κ1) is 21.6. The Balaban J connectivity index is 2.24. The summed E-state index contributed by atoms with van der Waals surface area (Å²) in [6.07, 6.45) is 1.52. The number of nitrogens with zero attached hydrogens (tertiary/aromatic N) is 1. The van der Waals surface area contributed by atoms with Crippen molar-refractivity contribution >= 4 is 35.0 Å². The molecule has 1 saturated heterocycles. The van der Waals surface area contributed by atoms with Crippen LogP contribution in [0.15, 0.2) is 17.0 Å². The van der Waals surface area contributed by atoms with Crippen LogP contribution >= 0.6 is 11.8 Å². The van der Waals surface area contributed by atoms with E-state index in [1.165, 1.54) is 27.4 Å². The Morgan fingerprint density at radius 1 is 1.07 bits per heavy atom. The molecule has 1 aliphatic heterocycles. The van der Waals surface area contributed by atoms with Crippen LogP contribution in [0.25, 0.3) is 6.08 Å². The molecule has 0 aromatic heterocycles. The van der Waals surface area contributed by atoms with Gasteiger partial charge in [-0.15, -0.1) is 0 Å². The summed E-state index contributed by atoms with van der Waals surface area (Å²) in [7, 11) is 4.47. The van der Waals surface area contributed by atoms with E-state index in [4.69, 9.17) is 18.9 Å². The maximum absolute atomic E-state index is 12.6. The summed E-state index contributed by atoms with van der Waals surface area (Å²) in [6, 6.07) is 3.26. The predicted octanol–water partition coefficient (Wildman–Crippen LogP) is 2.95. The first-order valence-electron chi connectivity index (χ1n) is 8.51. The smallest absolute Gasteiger partial charge is 0.326 e. The highest BCUT2D eigenvalue weighted by Crippen LogP contribution is 2.38. The molecule has 0 unspecified atom stereocenters. The molecule has 1 aromatic carbocycles. The average Bonchev–Trinajstić information content (AvgIpc) is 2.93. The molecule has 1 fully saturated rings. The van der Waals surface area contributed by atoms with Gasteiger partial charge in [-0.3, -0.25) is 19.3 Å². The van der Waals surface area contributed by atoms with E-state index >= 15 is 0 Å². The van der Waals surface area contributed by atoms with Gasteiger partial charge in [-0.2, -0.15) is 0 Å². The lowest BCUT2D eigenvalue weighted by atomic mass is 10.1. The Morgan fingerprint density at radius 3 is 2.25 bits per heavy atom. The predicted molar refractivity (Wildman–Crippen MR) is 105 cm³/mol. The quantitative estimate of drug-likeness (QED) is 0.478. The Bertz CT molecular complexity index is 804. The van der Waals surface area contributed by atoms with Gasteiger partial charge in [0.2, 0.25) is 0 Å². The zero-order valence-electron chi connectivity index (χ0n) is 16.4. The first-order chi connectivity index (χ1) is 13.3. The van der Waals surface area contributed by atoms with E-state index in [0.29, 0.717) is 22.8 Å². The Hall–Kier alpha value is -2.68. The lowest BCUT2D eigenvalue weighted by Gasteiger charge is -2.13. The summed E-state index contributed by atoms with van der Waals surface area (Å²) >= 11 is 0.749. The third kappa shape index (κ3) is 4.98. The molecule has 0 bridgehead atoms. The summed E-state index contributed by atoms with van der Waals surface area (Å²) < 4.78 is 20.9. The zero-order valence-corrected chi connectivity index (χ0v) is 17.3. The molecule has 0 saturated carbocycles. The second-order valence-electron chi connectivity index (χ2n) is 6.29. The minimum Gasteiger partial charge on any atom is -0.496 e. The molecule has 0 spiro atoms. The third-order valence-corrected chi connectivity index (χ3v) is 4.67. The molecular weight excluding hydrogens is 386 g/mol. The maximum Gasteiger partial charge on any atom is 0.326 e. The average molecular weight is 409 g/mol. The van der Waals surface area contributed by atoms with Crippen molar-refractivity contribution in [2.75, 3.05) is 34.5 Å². The van der Waals surface area contributed by atoms with Gasteiger partial charge in [0.25, 0.3) is 11.1 Å². The van der Waals surface area contributed by atoms with E-state index < -0.39 is 23.7 Å². The van der Waals surface area contributed by atoms with E-state index in [0.717, 1.165) is 16.7 Å². The molecule has 1 aromatic rings. The van der Waals surface area contributed by atoms with Gasteiger partial charge in [-0.25, -0.2) is 0 Å². The highest BCUT2D eigenvalue weighted by Gasteiger charge is 2.37. The van der Waals surface area contributed by atoms with Crippen molar-refractivity contribution in [1.29, 1.82) is 0 Å². The highest BCUT2D eigenvalue weighted by molar-refractivity contribution is 8.18. The van der Waals surface area contributed by atoms with E-state index in [2.05, 4.69) is 0 Å². The number of carbonyl (C=O) groups excluding carboxylic acids is 3. The molecule has 9 heteroatoms. The molecule has 28 heavy (non-hydrogen) atoms. The van der Waals surface area contributed by atoms with Crippen LogP contribution < -0.4 is 14.2 Å². The Morgan fingerprint density at radius 2 is 1.68 bits per heavy atom. The minimum absolute atomic E-state index is 0.163. The Kier molecular flexibility index (Phi) is 7.33. The molecule has 152 valence electrons. The molecule has 2 rings (SSSR count). The molecule has 0 atom stereocenters. The number of benzene rings is 1. The maximum atomic E-state index is 12.6. The van der Waals surface area contributed by atoms with Crippen LogP contribution in [0.5, 0.6) is 17.2 Å². The van der Waals surface area contributed by atoms with Gasteiger partial charge in [0.05, 0.1) is 32.8 Å². The number of methoxy groups -OCH3 is 3. The van der Waals surface area contributed by atoms with Crippen LogP contribution in [0, 0.1) is 5.92 Å². The fraction of sp³-hybridized carbons (Fsp3) is 0.421. The highest BCUT2D eigenvalue weighted by atomic mass is 32.2. The van der Waals surface area contributed by atoms with E-state index in [-0.39, 0.29) is 17.4 Å². The largest absolute Gasteiger partial charge is 0.496 e. The van der Waals surface area contributed by atoms with Gasteiger partial charge >= 0.3 is 5.97 Å². The molecule has 0 N–H and O–H groups in total. The summed E-state index contributed by atoms with van der Waals surface area (Å²) in [5.74, 6) is 0.342. The number of hydrogen-bond donors (Lipinski definition) is 0. The van der Waals surface area contributed by atoms with Crippen molar-refractivity contribution in [3.05, 3.63) is 22.6 Å². The molecule has 1 heterocycles. The van der Waals surface area contributed by atoms with Crippen molar-refractivity contribution < 1.29 is 33.3 Å². The standard InChI is InChI=1S/C19H23NO7S/c1-11(2)10-27-17(21)9-20-18(22)16(28-19(20)23)7-12-6-14(25-4)15(26-5)8-13(12)24-3/h6-8,11H,9-10H2,1-5H3/b16-7+. The van der Waals surface area contributed by atoms with Gasteiger partial charge in [0.15, 0.2) is 11.5 Å². The zero-order chi connectivity index (χ0) is 20.8. The fourth-order valence-corrected chi connectivity index (χ4v) is 3.21. The Labute approximate surface area is 167 Å². The van der Waals surface area contributed by atoms with Gasteiger partial charge in [0, 0.05) is 11.6 Å². The van der Waals surface area contributed by atoms with Crippen molar-refractivity contribution in [1.82, 2.24) is 4.90 Å². The summed E-state index contributed by atoms with van der Waals surface area (Å²) in [6.45, 7) is 3.60. The number of amides is 2. The van der Waals surface area contributed by atoms with Crippen molar-refractivity contribution in [3.63, 3.8) is 0 Å². The molecular formula is C19H23NO7S. The SMILES string of the molecule is COc1cc(OC)c(OC)cc1/C=C1/SC(=O)N(CC(=O)OCC(C)C)C1=O.